The monoisotopic (exact) mass is 539 g/mol. The number of morpholine rings is 1. The maximum absolute atomic E-state index is 13.1. The summed E-state index contributed by atoms with van der Waals surface area (Å²) in [6.07, 6.45) is -2.61. The Morgan fingerprint density at radius 3 is 2.54 bits per heavy atom. The number of aryl methyl sites for hydroxylation is 2. The van der Waals surface area contributed by atoms with Crippen LogP contribution < -0.4 is 15.0 Å². The SMILES string of the molecule is Cc1ccc(C(=O)Nc2cccc(C(F)(F)F)c2)cc1Oc1nc(N2CC(C)OC(C)C2)nc2ccn(C)c12. The second-order valence-electron chi connectivity index (χ2n) is 9.77. The van der Waals surface area contributed by atoms with E-state index in [0.29, 0.717) is 41.7 Å². The number of halogens is 3. The van der Waals surface area contributed by atoms with Gasteiger partial charge in [0, 0.05) is 37.6 Å². The largest absolute Gasteiger partial charge is 0.437 e. The number of hydrogen-bond donors (Lipinski definition) is 1. The number of benzene rings is 2. The maximum Gasteiger partial charge on any atom is 0.416 e. The third kappa shape index (κ3) is 5.68. The van der Waals surface area contributed by atoms with Gasteiger partial charge in [0.25, 0.3) is 5.91 Å². The van der Waals surface area contributed by atoms with E-state index >= 15 is 0 Å². The lowest BCUT2D eigenvalue weighted by Crippen LogP contribution is -2.46. The van der Waals surface area contributed by atoms with Crippen LogP contribution in [0, 0.1) is 6.92 Å². The Bertz CT molecular complexity index is 1520. The number of carbonyl (C=O) groups excluding carboxylic acids is 1. The van der Waals surface area contributed by atoms with Crippen molar-refractivity contribution in [1.29, 1.82) is 0 Å². The smallest absolute Gasteiger partial charge is 0.416 e. The van der Waals surface area contributed by atoms with Gasteiger partial charge in [-0.1, -0.05) is 12.1 Å². The van der Waals surface area contributed by atoms with Crippen LogP contribution in [0.1, 0.15) is 35.3 Å². The fraction of sp³-hybridized carbons (Fsp3) is 0.321. The lowest BCUT2D eigenvalue weighted by atomic mass is 10.1. The standard InChI is InChI=1S/C28H28F3N5O3/c1-16-8-9-19(25(37)32-21-7-5-6-20(13-21)28(29,30)31)12-23(16)39-26-24-22(10-11-35(24)4)33-27(34-26)36-14-17(2)38-18(3)15-36/h5-13,17-18H,14-15H2,1-4H3,(H,32,37). The summed E-state index contributed by atoms with van der Waals surface area (Å²) in [4.78, 5) is 24.5. The summed E-state index contributed by atoms with van der Waals surface area (Å²) in [7, 11) is 1.86. The molecule has 0 bridgehead atoms. The van der Waals surface area contributed by atoms with Gasteiger partial charge in [-0.3, -0.25) is 4.79 Å². The number of nitrogens with zero attached hydrogens (tertiary/aromatic N) is 4. The Labute approximate surface area is 223 Å². The number of aromatic nitrogens is 3. The number of fused-ring (bicyclic) bond motifs is 1. The molecule has 39 heavy (non-hydrogen) atoms. The third-order valence-corrected chi connectivity index (χ3v) is 6.48. The van der Waals surface area contributed by atoms with E-state index in [4.69, 9.17) is 19.4 Å². The van der Waals surface area contributed by atoms with E-state index in [1.807, 2.05) is 44.6 Å². The Morgan fingerprint density at radius 1 is 1.08 bits per heavy atom. The zero-order valence-electron chi connectivity index (χ0n) is 21.9. The van der Waals surface area contributed by atoms with Gasteiger partial charge in [-0.25, -0.2) is 4.98 Å². The van der Waals surface area contributed by atoms with E-state index in [2.05, 4.69) is 10.2 Å². The van der Waals surface area contributed by atoms with Crippen molar-refractivity contribution in [3.8, 4) is 11.6 Å². The molecule has 0 aliphatic carbocycles. The molecule has 0 radical (unpaired) electrons. The first-order chi connectivity index (χ1) is 18.5. The van der Waals surface area contributed by atoms with E-state index in [9.17, 15) is 18.0 Å². The predicted octanol–water partition coefficient (Wildman–Crippen LogP) is 5.95. The minimum atomic E-state index is -4.51. The number of rotatable bonds is 5. The van der Waals surface area contributed by atoms with E-state index in [0.717, 1.165) is 17.7 Å². The number of anilines is 2. The molecule has 8 nitrogen and oxygen atoms in total. The second-order valence-corrected chi connectivity index (χ2v) is 9.77. The van der Waals surface area contributed by atoms with Crippen LogP contribution in [0.5, 0.6) is 11.6 Å². The molecule has 1 aliphatic rings. The van der Waals surface area contributed by atoms with Gasteiger partial charge < -0.3 is 24.3 Å². The average molecular weight is 540 g/mol. The fourth-order valence-electron chi connectivity index (χ4n) is 4.63. The van der Waals surface area contributed by atoms with Gasteiger partial charge in [-0.15, -0.1) is 0 Å². The molecule has 2 aromatic carbocycles. The van der Waals surface area contributed by atoms with E-state index < -0.39 is 17.6 Å². The van der Waals surface area contributed by atoms with Crippen LogP contribution in [0.2, 0.25) is 0 Å². The van der Waals surface area contributed by atoms with Crippen LogP contribution in [-0.4, -0.2) is 45.7 Å². The van der Waals surface area contributed by atoms with E-state index in [1.54, 1.807) is 18.2 Å². The van der Waals surface area contributed by atoms with Gasteiger partial charge in [0.05, 0.1) is 23.3 Å². The van der Waals surface area contributed by atoms with Gasteiger partial charge >= 0.3 is 6.18 Å². The lowest BCUT2D eigenvalue weighted by molar-refractivity contribution is -0.137. The molecule has 2 atom stereocenters. The van der Waals surface area contributed by atoms with Crippen molar-refractivity contribution in [2.75, 3.05) is 23.3 Å². The van der Waals surface area contributed by atoms with Crippen LogP contribution in [0.4, 0.5) is 24.8 Å². The summed E-state index contributed by atoms with van der Waals surface area (Å²) in [6.45, 7) is 7.10. The molecule has 2 aromatic heterocycles. The minimum Gasteiger partial charge on any atom is -0.437 e. The summed E-state index contributed by atoms with van der Waals surface area (Å²) in [6, 6.07) is 11.2. The molecule has 4 aromatic rings. The van der Waals surface area contributed by atoms with Crippen molar-refractivity contribution in [3.05, 3.63) is 71.4 Å². The van der Waals surface area contributed by atoms with Crippen molar-refractivity contribution >= 4 is 28.6 Å². The zero-order valence-corrected chi connectivity index (χ0v) is 21.9. The number of ether oxygens (including phenoxy) is 2. The Morgan fingerprint density at radius 2 is 1.82 bits per heavy atom. The summed E-state index contributed by atoms with van der Waals surface area (Å²) in [5.74, 6) is 0.667. The first-order valence-electron chi connectivity index (χ1n) is 12.5. The molecular formula is C28H28F3N5O3. The van der Waals surface area contributed by atoms with Crippen LogP contribution in [-0.2, 0) is 18.0 Å². The molecule has 204 valence electrons. The van der Waals surface area contributed by atoms with Crippen molar-refractivity contribution in [3.63, 3.8) is 0 Å². The van der Waals surface area contributed by atoms with Crippen LogP contribution in [0.25, 0.3) is 11.0 Å². The Balaban J connectivity index is 1.45. The van der Waals surface area contributed by atoms with Crippen molar-refractivity contribution < 1.29 is 27.4 Å². The van der Waals surface area contributed by atoms with Crippen molar-refractivity contribution in [2.24, 2.45) is 7.05 Å². The highest BCUT2D eigenvalue weighted by Crippen LogP contribution is 2.34. The summed E-state index contributed by atoms with van der Waals surface area (Å²) in [5, 5.41) is 2.53. The number of nitrogens with one attached hydrogen (secondary N) is 1. The van der Waals surface area contributed by atoms with Crippen LogP contribution in [0.3, 0.4) is 0 Å². The second kappa shape index (κ2) is 10.2. The molecule has 1 fully saturated rings. The van der Waals surface area contributed by atoms with Crippen molar-refractivity contribution in [2.45, 2.75) is 39.2 Å². The summed E-state index contributed by atoms with van der Waals surface area (Å²) >= 11 is 0. The van der Waals surface area contributed by atoms with E-state index in [-0.39, 0.29) is 23.5 Å². The maximum atomic E-state index is 13.1. The van der Waals surface area contributed by atoms with Gasteiger partial charge in [0.15, 0.2) is 0 Å². The van der Waals surface area contributed by atoms with Gasteiger partial charge in [-0.2, -0.15) is 18.2 Å². The summed E-state index contributed by atoms with van der Waals surface area (Å²) in [5.41, 5.74) is 1.57. The van der Waals surface area contributed by atoms with E-state index in [1.165, 1.54) is 12.1 Å². The number of alkyl halides is 3. The zero-order chi connectivity index (χ0) is 27.9. The van der Waals surface area contributed by atoms with Gasteiger partial charge in [-0.05, 0) is 62.7 Å². The lowest BCUT2D eigenvalue weighted by Gasteiger charge is -2.35. The predicted molar refractivity (Wildman–Crippen MR) is 141 cm³/mol. The molecule has 1 saturated heterocycles. The van der Waals surface area contributed by atoms with Gasteiger partial charge in [0.1, 0.15) is 11.3 Å². The molecule has 0 spiro atoms. The first kappa shape index (κ1) is 26.5. The normalized spacial score (nSPS) is 17.9. The topological polar surface area (TPSA) is 81.5 Å². The molecule has 2 unspecified atom stereocenters. The molecule has 3 heterocycles. The average Bonchev–Trinajstić information content (AvgIpc) is 3.25. The molecule has 0 saturated carbocycles. The number of hydrogen-bond acceptors (Lipinski definition) is 6. The molecule has 11 heteroatoms. The van der Waals surface area contributed by atoms with Crippen LogP contribution in [0.15, 0.2) is 54.7 Å². The highest BCUT2D eigenvalue weighted by atomic mass is 19.4. The third-order valence-electron chi connectivity index (χ3n) is 6.48. The summed E-state index contributed by atoms with van der Waals surface area (Å²) < 4.78 is 53.2. The molecule has 5 rings (SSSR count). The van der Waals surface area contributed by atoms with Crippen molar-refractivity contribution in [1.82, 2.24) is 14.5 Å². The molecule has 1 amide bonds. The highest BCUT2D eigenvalue weighted by molar-refractivity contribution is 6.04. The Kier molecular flexibility index (Phi) is 6.94. The minimum absolute atomic E-state index is 0.0162. The number of amides is 1. The quantitative estimate of drug-likeness (QED) is 0.337. The number of carbonyl (C=O) groups is 1. The first-order valence-corrected chi connectivity index (χ1v) is 12.5. The highest BCUT2D eigenvalue weighted by Gasteiger charge is 2.30. The fourth-order valence-corrected chi connectivity index (χ4v) is 4.63. The molecular weight excluding hydrogens is 511 g/mol. The molecule has 1 N–H and O–H groups in total. The Hall–Kier alpha value is -4.12. The molecule has 1 aliphatic heterocycles. The van der Waals surface area contributed by atoms with Crippen LogP contribution >= 0.6 is 0 Å². The van der Waals surface area contributed by atoms with Gasteiger partial charge in [0.2, 0.25) is 11.8 Å².